The van der Waals surface area contributed by atoms with Crippen molar-refractivity contribution in [2.75, 3.05) is 19.6 Å². The molecule has 3 aliphatic carbocycles. The van der Waals surface area contributed by atoms with Crippen molar-refractivity contribution in [1.29, 1.82) is 0 Å². The van der Waals surface area contributed by atoms with Crippen molar-refractivity contribution in [3.63, 3.8) is 0 Å². The van der Waals surface area contributed by atoms with Gasteiger partial charge in [0.2, 0.25) is 11.8 Å². The second-order valence-corrected chi connectivity index (χ2v) is 9.12. The van der Waals surface area contributed by atoms with Crippen LogP contribution >= 0.6 is 0 Å². The van der Waals surface area contributed by atoms with Gasteiger partial charge in [0, 0.05) is 37.9 Å². The minimum Gasteiger partial charge on any atom is -0.356 e. The first-order chi connectivity index (χ1) is 13.2. The Hall–Kier alpha value is -1.91. The van der Waals surface area contributed by atoms with E-state index in [2.05, 4.69) is 10.3 Å². The Morgan fingerprint density at radius 2 is 1.70 bits per heavy atom. The SMILES string of the molecule is O=C(NCC1CCN(C(=O)Cc2ccncc2)CC1)C1[C@@H]2[C@H]3CC[C@H](C3)[C@H]12. The zero-order valence-corrected chi connectivity index (χ0v) is 15.8. The average molecular weight is 367 g/mol. The highest BCUT2D eigenvalue weighted by molar-refractivity contribution is 5.82. The fraction of sp³-hybridized carbons (Fsp3) is 0.682. The highest BCUT2D eigenvalue weighted by Gasteiger charge is 2.67. The fourth-order valence-electron chi connectivity index (χ4n) is 6.21. The number of hydrogen-bond acceptors (Lipinski definition) is 3. The molecule has 3 saturated carbocycles. The van der Waals surface area contributed by atoms with Crippen LogP contribution in [0.2, 0.25) is 0 Å². The Balaban J connectivity index is 1.04. The summed E-state index contributed by atoms with van der Waals surface area (Å²) in [6.45, 7) is 2.41. The number of nitrogens with zero attached hydrogens (tertiary/aromatic N) is 2. The molecule has 1 N–H and O–H groups in total. The van der Waals surface area contributed by atoms with Crippen molar-refractivity contribution < 1.29 is 9.59 Å². The first-order valence-electron chi connectivity index (χ1n) is 10.6. The lowest BCUT2D eigenvalue weighted by Crippen LogP contribution is -2.42. The summed E-state index contributed by atoms with van der Waals surface area (Å²) in [7, 11) is 0. The van der Waals surface area contributed by atoms with E-state index >= 15 is 0 Å². The largest absolute Gasteiger partial charge is 0.356 e. The minimum absolute atomic E-state index is 0.199. The molecule has 0 spiro atoms. The van der Waals surface area contributed by atoms with E-state index in [1.54, 1.807) is 12.4 Å². The molecule has 0 radical (unpaired) electrons. The van der Waals surface area contributed by atoms with Gasteiger partial charge < -0.3 is 10.2 Å². The molecule has 4 fully saturated rings. The number of piperidine rings is 1. The number of amides is 2. The monoisotopic (exact) mass is 367 g/mol. The molecule has 5 rings (SSSR count). The Morgan fingerprint density at radius 3 is 2.37 bits per heavy atom. The summed E-state index contributed by atoms with van der Waals surface area (Å²) < 4.78 is 0. The molecule has 1 aromatic heterocycles. The summed E-state index contributed by atoms with van der Waals surface area (Å²) in [5.74, 6) is 4.50. The molecular formula is C22H29N3O2. The van der Waals surface area contributed by atoms with Gasteiger partial charge in [-0.2, -0.15) is 0 Å². The minimum atomic E-state index is 0.199. The van der Waals surface area contributed by atoms with Gasteiger partial charge in [0.25, 0.3) is 0 Å². The normalized spacial score (nSPS) is 34.4. The second kappa shape index (κ2) is 6.92. The van der Waals surface area contributed by atoms with E-state index in [4.69, 9.17) is 0 Å². The fourth-order valence-corrected chi connectivity index (χ4v) is 6.21. The Bertz CT molecular complexity index is 698. The number of hydrogen-bond donors (Lipinski definition) is 1. The number of carbonyl (C=O) groups is 2. The average Bonchev–Trinajstić information content (AvgIpc) is 3.14. The van der Waals surface area contributed by atoms with Crippen LogP contribution in [0.1, 0.15) is 37.7 Å². The van der Waals surface area contributed by atoms with Crippen molar-refractivity contribution in [2.24, 2.45) is 35.5 Å². The number of rotatable bonds is 5. The molecule has 1 aliphatic heterocycles. The lowest BCUT2D eigenvalue weighted by Gasteiger charge is -2.32. The van der Waals surface area contributed by atoms with Crippen LogP contribution < -0.4 is 5.32 Å². The van der Waals surface area contributed by atoms with Crippen LogP contribution in [0.25, 0.3) is 0 Å². The Labute approximate surface area is 160 Å². The third-order valence-electron chi connectivity index (χ3n) is 7.67. The molecule has 2 bridgehead atoms. The third kappa shape index (κ3) is 3.26. The van der Waals surface area contributed by atoms with E-state index in [0.29, 0.717) is 24.2 Å². The summed E-state index contributed by atoms with van der Waals surface area (Å²) in [5.41, 5.74) is 1.02. The molecule has 1 saturated heterocycles. The zero-order valence-electron chi connectivity index (χ0n) is 15.8. The smallest absolute Gasteiger partial charge is 0.226 e. The van der Waals surface area contributed by atoms with Gasteiger partial charge in [0.15, 0.2) is 0 Å². The second-order valence-electron chi connectivity index (χ2n) is 9.12. The van der Waals surface area contributed by atoms with Crippen LogP contribution in [-0.4, -0.2) is 41.3 Å². The van der Waals surface area contributed by atoms with E-state index in [0.717, 1.165) is 61.7 Å². The molecular weight excluding hydrogens is 338 g/mol. The quantitative estimate of drug-likeness (QED) is 0.868. The summed E-state index contributed by atoms with van der Waals surface area (Å²) >= 11 is 0. The summed E-state index contributed by atoms with van der Waals surface area (Å²) in [6.07, 6.45) is 10.0. The van der Waals surface area contributed by atoms with Crippen molar-refractivity contribution in [3.8, 4) is 0 Å². The van der Waals surface area contributed by atoms with E-state index in [1.165, 1.54) is 19.3 Å². The Morgan fingerprint density at radius 1 is 1.04 bits per heavy atom. The molecule has 1 unspecified atom stereocenters. The van der Waals surface area contributed by atoms with E-state index in [1.807, 2.05) is 17.0 Å². The molecule has 2 amide bonds. The Kier molecular flexibility index (Phi) is 4.41. The van der Waals surface area contributed by atoms with Crippen LogP contribution in [-0.2, 0) is 16.0 Å². The van der Waals surface area contributed by atoms with Gasteiger partial charge in [0.1, 0.15) is 0 Å². The van der Waals surface area contributed by atoms with E-state index in [9.17, 15) is 9.59 Å². The van der Waals surface area contributed by atoms with Crippen molar-refractivity contribution in [3.05, 3.63) is 30.1 Å². The van der Waals surface area contributed by atoms with Crippen molar-refractivity contribution >= 4 is 11.8 Å². The third-order valence-corrected chi connectivity index (χ3v) is 7.67. The van der Waals surface area contributed by atoms with Gasteiger partial charge in [-0.25, -0.2) is 0 Å². The highest BCUT2D eigenvalue weighted by atomic mass is 16.2. The molecule has 5 heteroatoms. The molecule has 2 heterocycles. The predicted octanol–water partition coefficient (Wildman–Crippen LogP) is 2.27. The maximum absolute atomic E-state index is 12.6. The van der Waals surface area contributed by atoms with Crippen molar-refractivity contribution in [1.82, 2.24) is 15.2 Å². The first kappa shape index (κ1) is 17.2. The van der Waals surface area contributed by atoms with Crippen LogP contribution in [0.3, 0.4) is 0 Å². The highest BCUT2D eigenvalue weighted by Crippen LogP contribution is 2.69. The topological polar surface area (TPSA) is 62.3 Å². The van der Waals surface area contributed by atoms with Gasteiger partial charge in [-0.05, 0) is 79.4 Å². The molecule has 144 valence electrons. The molecule has 5 nitrogen and oxygen atoms in total. The van der Waals surface area contributed by atoms with Crippen LogP contribution in [0, 0.1) is 35.5 Å². The van der Waals surface area contributed by atoms with Gasteiger partial charge in [-0.15, -0.1) is 0 Å². The molecule has 5 atom stereocenters. The number of carbonyl (C=O) groups excluding carboxylic acids is 2. The van der Waals surface area contributed by atoms with Crippen molar-refractivity contribution in [2.45, 2.75) is 38.5 Å². The number of nitrogens with one attached hydrogen (secondary N) is 1. The number of likely N-dealkylation sites (tertiary alicyclic amines) is 1. The van der Waals surface area contributed by atoms with Crippen LogP contribution in [0.5, 0.6) is 0 Å². The maximum atomic E-state index is 12.6. The summed E-state index contributed by atoms with van der Waals surface area (Å²) in [6, 6.07) is 3.80. The van der Waals surface area contributed by atoms with E-state index in [-0.39, 0.29) is 5.91 Å². The first-order valence-corrected chi connectivity index (χ1v) is 10.6. The standard InChI is InChI=1S/C22H29N3O2/c26-18(11-14-3-7-23-8-4-14)25-9-5-15(6-10-25)13-24-22(27)21-19-16-1-2-17(12-16)20(19)21/h3-4,7-8,15-17,19-21H,1-2,5-6,9-13H2,(H,24,27)/t16-,17+,19+,20-,21?. The summed E-state index contributed by atoms with van der Waals surface area (Å²) in [4.78, 5) is 31.0. The van der Waals surface area contributed by atoms with Gasteiger partial charge in [0.05, 0.1) is 6.42 Å². The number of pyridine rings is 1. The lowest BCUT2D eigenvalue weighted by molar-refractivity contribution is -0.132. The predicted molar refractivity (Wildman–Crippen MR) is 102 cm³/mol. The molecule has 0 aromatic carbocycles. The maximum Gasteiger partial charge on any atom is 0.226 e. The van der Waals surface area contributed by atoms with Gasteiger partial charge in [-0.1, -0.05) is 0 Å². The lowest BCUT2D eigenvalue weighted by atomic mass is 9.96. The molecule has 4 aliphatic rings. The molecule has 27 heavy (non-hydrogen) atoms. The van der Waals surface area contributed by atoms with Gasteiger partial charge in [-0.3, -0.25) is 14.6 Å². The van der Waals surface area contributed by atoms with E-state index < -0.39 is 0 Å². The summed E-state index contributed by atoms with van der Waals surface area (Å²) in [5, 5.41) is 3.25. The number of fused-ring (bicyclic) bond motifs is 5. The van der Waals surface area contributed by atoms with Crippen LogP contribution in [0.4, 0.5) is 0 Å². The zero-order chi connectivity index (χ0) is 18.4. The number of aromatic nitrogens is 1. The van der Waals surface area contributed by atoms with Crippen LogP contribution in [0.15, 0.2) is 24.5 Å². The van der Waals surface area contributed by atoms with Gasteiger partial charge >= 0.3 is 0 Å². The molecule has 1 aromatic rings.